The first-order chi connectivity index (χ1) is 9.10. The average molecular weight is 301 g/mol. The van der Waals surface area contributed by atoms with Gasteiger partial charge >= 0.3 is 0 Å². The van der Waals surface area contributed by atoms with E-state index in [0.717, 1.165) is 32.4 Å². The first-order valence-corrected chi connectivity index (χ1v) is 8.41. The molecule has 6 heteroatoms. The van der Waals surface area contributed by atoms with Gasteiger partial charge in [-0.1, -0.05) is 23.7 Å². The molecule has 19 heavy (non-hydrogen) atoms. The summed E-state index contributed by atoms with van der Waals surface area (Å²) in [4.78, 5) is 0.232. The third kappa shape index (κ3) is 2.29. The van der Waals surface area contributed by atoms with E-state index in [4.69, 9.17) is 11.6 Å². The van der Waals surface area contributed by atoms with E-state index in [1.54, 1.807) is 28.6 Å². The highest BCUT2D eigenvalue weighted by Crippen LogP contribution is 2.35. The average Bonchev–Trinajstić information content (AvgIpc) is 2.64. The monoisotopic (exact) mass is 300 g/mol. The van der Waals surface area contributed by atoms with Crippen molar-refractivity contribution in [2.45, 2.75) is 36.2 Å². The van der Waals surface area contributed by atoms with Crippen molar-refractivity contribution >= 4 is 21.6 Å². The van der Waals surface area contributed by atoms with Crippen molar-refractivity contribution in [3.05, 3.63) is 29.3 Å². The molecule has 1 aromatic carbocycles. The molecule has 0 aromatic heterocycles. The van der Waals surface area contributed by atoms with Crippen LogP contribution in [-0.4, -0.2) is 37.9 Å². The summed E-state index contributed by atoms with van der Waals surface area (Å²) >= 11 is 6.06. The number of benzene rings is 1. The Morgan fingerprint density at radius 1 is 1.16 bits per heavy atom. The summed E-state index contributed by atoms with van der Waals surface area (Å²) in [6, 6.07) is 6.87. The predicted octanol–water partition coefficient (Wildman–Crippen LogP) is 1.85. The molecular weight excluding hydrogens is 284 g/mol. The van der Waals surface area contributed by atoms with Crippen LogP contribution in [0, 0.1) is 0 Å². The van der Waals surface area contributed by atoms with Gasteiger partial charge in [-0.05, 0) is 37.9 Å². The number of nitrogens with one attached hydrogen (secondary N) is 1. The molecule has 0 radical (unpaired) electrons. The van der Waals surface area contributed by atoms with E-state index in [2.05, 4.69) is 5.32 Å². The molecule has 2 aliphatic rings. The maximum absolute atomic E-state index is 12.8. The van der Waals surface area contributed by atoms with Crippen molar-refractivity contribution in [2.75, 3.05) is 13.1 Å². The molecular formula is C13H17ClN2O2S. The van der Waals surface area contributed by atoms with Crippen molar-refractivity contribution in [2.24, 2.45) is 0 Å². The van der Waals surface area contributed by atoms with E-state index in [0.29, 0.717) is 5.02 Å². The van der Waals surface area contributed by atoms with Crippen LogP contribution in [0.15, 0.2) is 29.2 Å². The van der Waals surface area contributed by atoms with Gasteiger partial charge in [-0.15, -0.1) is 0 Å². The van der Waals surface area contributed by atoms with Crippen LogP contribution in [0.1, 0.15) is 19.3 Å². The molecule has 2 atom stereocenters. The Balaban J connectivity index is 2.03. The normalized spacial score (nSPS) is 28.3. The lowest BCUT2D eigenvalue weighted by Gasteiger charge is -2.27. The molecule has 2 bridgehead atoms. The predicted molar refractivity (Wildman–Crippen MR) is 74.8 cm³/mol. The van der Waals surface area contributed by atoms with Crippen LogP contribution in [-0.2, 0) is 10.0 Å². The Labute approximate surface area is 118 Å². The molecule has 1 aromatic rings. The highest BCUT2D eigenvalue weighted by molar-refractivity contribution is 7.89. The van der Waals surface area contributed by atoms with Gasteiger partial charge in [0, 0.05) is 18.6 Å². The zero-order valence-corrected chi connectivity index (χ0v) is 12.1. The quantitative estimate of drug-likeness (QED) is 0.907. The SMILES string of the molecule is O=S(=O)(c1ccccc1Cl)N1C2CCNCC1CC2. The molecule has 0 aliphatic carbocycles. The summed E-state index contributed by atoms with van der Waals surface area (Å²) in [6.45, 7) is 1.62. The molecule has 0 saturated carbocycles. The van der Waals surface area contributed by atoms with E-state index >= 15 is 0 Å². The number of sulfonamides is 1. The Morgan fingerprint density at radius 2 is 1.89 bits per heavy atom. The minimum atomic E-state index is -3.49. The first-order valence-electron chi connectivity index (χ1n) is 6.59. The van der Waals surface area contributed by atoms with Crippen LogP contribution in [0.3, 0.4) is 0 Å². The summed E-state index contributed by atoms with van der Waals surface area (Å²) in [5.41, 5.74) is 0. The molecule has 2 saturated heterocycles. The maximum Gasteiger partial charge on any atom is 0.245 e. The zero-order valence-electron chi connectivity index (χ0n) is 10.5. The second-order valence-corrected chi connectivity index (χ2v) is 7.36. The zero-order chi connectivity index (χ0) is 13.5. The van der Waals surface area contributed by atoms with Crippen LogP contribution in [0.4, 0.5) is 0 Å². The lowest BCUT2D eigenvalue weighted by atomic mass is 10.1. The number of nitrogens with zero attached hydrogens (tertiary/aromatic N) is 1. The molecule has 2 unspecified atom stereocenters. The number of halogens is 1. The van der Waals surface area contributed by atoms with Crippen molar-refractivity contribution in [1.82, 2.24) is 9.62 Å². The van der Waals surface area contributed by atoms with Crippen LogP contribution in [0.5, 0.6) is 0 Å². The van der Waals surface area contributed by atoms with Crippen molar-refractivity contribution in [3.63, 3.8) is 0 Å². The summed E-state index contributed by atoms with van der Waals surface area (Å²) in [7, 11) is -3.49. The number of hydrogen-bond donors (Lipinski definition) is 1. The molecule has 104 valence electrons. The fourth-order valence-electron chi connectivity index (χ4n) is 3.10. The minimum absolute atomic E-state index is 0.0637. The van der Waals surface area contributed by atoms with E-state index in [1.807, 2.05) is 0 Å². The fourth-order valence-corrected chi connectivity index (χ4v) is 5.49. The standard InChI is InChI=1S/C13H17ClN2O2S/c14-12-3-1-2-4-13(12)19(17,18)16-10-5-6-11(16)9-15-8-7-10/h1-4,10-11,15H,5-9H2. The fraction of sp³-hybridized carbons (Fsp3) is 0.538. The van der Waals surface area contributed by atoms with Gasteiger partial charge in [0.25, 0.3) is 0 Å². The van der Waals surface area contributed by atoms with Gasteiger partial charge in [-0.3, -0.25) is 0 Å². The summed E-state index contributed by atoms with van der Waals surface area (Å²) in [5, 5.41) is 3.61. The van der Waals surface area contributed by atoms with Gasteiger partial charge in [0.15, 0.2) is 0 Å². The van der Waals surface area contributed by atoms with E-state index in [9.17, 15) is 8.42 Å². The van der Waals surface area contributed by atoms with E-state index < -0.39 is 10.0 Å². The second kappa shape index (κ2) is 5.05. The van der Waals surface area contributed by atoms with Crippen LogP contribution < -0.4 is 5.32 Å². The lowest BCUT2D eigenvalue weighted by molar-refractivity contribution is 0.334. The Hall–Kier alpha value is -0.620. The van der Waals surface area contributed by atoms with Gasteiger partial charge in [-0.2, -0.15) is 4.31 Å². The van der Waals surface area contributed by atoms with Crippen molar-refractivity contribution in [1.29, 1.82) is 0 Å². The largest absolute Gasteiger partial charge is 0.315 e. The third-order valence-electron chi connectivity index (χ3n) is 3.98. The number of fused-ring (bicyclic) bond motifs is 2. The Kier molecular flexibility index (Phi) is 3.55. The molecule has 2 fully saturated rings. The molecule has 0 amide bonds. The van der Waals surface area contributed by atoms with Crippen molar-refractivity contribution in [3.8, 4) is 0 Å². The van der Waals surface area contributed by atoms with Gasteiger partial charge in [0.05, 0.1) is 5.02 Å². The van der Waals surface area contributed by atoms with Gasteiger partial charge in [-0.25, -0.2) is 8.42 Å². The highest BCUT2D eigenvalue weighted by Gasteiger charge is 2.43. The van der Waals surface area contributed by atoms with Gasteiger partial charge in [0.1, 0.15) is 4.90 Å². The summed E-state index contributed by atoms with van der Waals surface area (Å²) in [5.74, 6) is 0. The highest BCUT2D eigenvalue weighted by atomic mass is 35.5. The topological polar surface area (TPSA) is 49.4 Å². The lowest BCUT2D eigenvalue weighted by Crippen LogP contribution is -2.42. The molecule has 2 heterocycles. The van der Waals surface area contributed by atoms with Gasteiger partial charge < -0.3 is 5.32 Å². The molecule has 4 nitrogen and oxygen atoms in total. The Bertz CT molecular complexity index is 562. The molecule has 0 spiro atoms. The maximum atomic E-state index is 12.8. The molecule has 3 rings (SSSR count). The van der Waals surface area contributed by atoms with Crippen LogP contribution >= 0.6 is 11.6 Å². The smallest absolute Gasteiger partial charge is 0.245 e. The van der Waals surface area contributed by atoms with Crippen LogP contribution in [0.2, 0.25) is 5.02 Å². The van der Waals surface area contributed by atoms with Gasteiger partial charge in [0.2, 0.25) is 10.0 Å². The first kappa shape index (κ1) is 13.4. The third-order valence-corrected chi connectivity index (χ3v) is 6.48. The number of rotatable bonds is 2. The van der Waals surface area contributed by atoms with Crippen LogP contribution in [0.25, 0.3) is 0 Å². The van der Waals surface area contributed by atoms with Crippen molar-refractivity contribution < 1.29 is 8.42 Å². The summed E-state index contributed by atoms with van der Waals surface area (Å²) in [6.07, 6.45) is 2.76. The molecule has 1 N–H and O–H groups in total. The van der Waals surface area contributed by atoms with E-state index in [1.165, 1.54) is 0 Å². The van der Waals surface area contributed by atoms with E-state index in [-0.39, 0.29) is 17.0 Å². The molecule has 2 aliphatic heterocycles. The summed E-state index contributed by atoms with van der Waals surface area (Å²) < 4.78 is 27.4. The Morgan fingerprint density at radius 3 is 2.68 bits per heavy atom. The number of hydrogen-bond acceptors (Lipinski definition) is 3. The minimum Gasteiger partial charge on any atom is -0.315 e. The second-order valence-electron chi connectivity index (χ2n) is 5.14.